The molecule has 0 atom stereocenters. The Balaban J connectivity index is 1.80. The van der Waals surface area contributed by atoms with Gasteiger partial charge in [0.05, 0.1) is 16.6 Å². The van der Waals surface area contributed by atoms with Crippen LogP contribution in [0, 0.1) is 0 Å². The van der Waals surface area contributed by atoms with E-state index in [4.69, 9.17) is 23.2 Å². The average Bonchev–Trinajstić information content (AvgIpc) is 2.73. The van der Waals surface area contributed by atoms with Crippen molar-refractivity contribution in [2.45, 2.75) is 0 Å². The zero-order valence-electron chi connectivity index (χ0n) is 14.9. The third-order valence-electron chi connectivity index (χ3n) is 4.00. The van der Waals surface area contributed by atoms with Crippen LogP contribution < -0.4 is 10.9 Å². The molecule has 0 aliphatic heterocycles. The summed E-state index contributed by atoms with van der Waals surface area (Å²) in [7, 11) is 0. The Labute approximate surface area is 175 Å². The van der Waals surface area contributed by atoms with Crippen molar-refractivity contribution in [1.82, 2.24) is 9.66 Å². The van der Waals surface area contributed by atoms with Crippen LogP contribution in [-0.2, 0) is 0 Å². The molecule has 4 aromatic rings. The Morgan fingerprint density at radius 3 is 2.28 bits per heavy atom. The van der Waals surface area contributed by atoms with E-state index in [1.54, 1.807) is 66.7 Å². The van der Waals surface area contributed by atoms with Crippen LogP contribution in [0.4, 0.5) is 17.3 Å². The highest BCUT2D eigenvalue weighted by molar-refractivity contribution is 6.30. The van der Waals surface area contributed by atoms with Crippen LogP contribution in [-0.4, -0.2) is 15.7 Å². The summed E-state index contributed by atoms with van der Waals surface area (Å²) < 4.78 is 1.12. The summed E-state index contributed by atoms with van der Waals surface area (Å²) in [6.45, 7) is 0. The second-order valence-electron chi connectivity index (χ2n) is 5.99. The number of nitrogens with zero attached hydrogens (tertiary/aromatic N) is 4. The molecule has 0 unspecified atom stereocenters. The summed E-state index contributed by atoms with van der Waals surface area (Å²) >= 11 is 11.8. The SMILES string of the molecule is O=c1c2ccccc2nc(Nc2ccc(Cl)cc2)n1N=C=Nc1ccc(Cl)cc1. The molecule has 4 rings (SSSR count). The van der Waals surface area contributed by atoms with Gasteiger partial charge in [-0.1, -0.05) is 40.4 Å². The third-order valence-corrected chi connectivity index (χ3v) is 4.51. The van der Waals surface area contributed by atoms with Crippen molar-refractivity contribution >= 4 is 57.4 Å². The second kappa shape index (κ2) is 8.29. The maximum Gasteiger partial charge on any atom is 0.284 e. The second-order valence-corrected chi connectivity index (χ2v) is 6.86. The minimum Gasteiger partial charge on any atom is -0.324 e. The predicted octanol–water partition coefficient (Wildman–Crippen LogP) is 5.72. The van der Waals surface area contributed by atoms with Crippen molar-refractivity contribution in [3.05, 3.63) is 93.2 Å². The van der Waals surface area contributed by atoms with E-state index in [1.807, 2.05) is 6.07 Å². The molecular weight excluding hydrogens is 409 g/mol. The molecule has 1 aromatic heterocycles. The van der Waals surface area contributed by atoms with Crippen LogP contribution in [0.25, 0.3) is 10.9 Å². The number of benzene rings is 3. The largest absolute Gasteiger partial charge is 0.324 e. The molecule has 0 saturated heterocycles. The van der Waals surface area contributed by atoms with Gasteiger partial charge in [-0.05, 0) is 60.7 Å². The molecule has 0 aliphatic rings. The van der Waals surface area contributed by atoms with Gasteiger partial charge in [0.1, 0.15) is 6.01 Å². The Morgan fingerprint density at radius 1 is 0.897 bits per heavy atom. The van der Waals surface area contributed by atoms with Gasteiger partial charge in [0, 0.05) is 15.7 Å². The lowest BCUT2D eigenvalue weighted by Gasteiger charge is -2.10. The van der Waals surface area contributed by atoms with Crippen molar-refractivity contribution in [1.29, 1.82) is 0 Å². The minimum absolute atomic E-state index is 0.231. The fourth-order valence-electron chi connectivity index (χ4n) is 2.60. The van der Waals surface area contributed by atoms with Crippen LogP contribution in [0.2, 0.25) is 10.0 Å². The van der Waals surface area contributed by atoms with E-state index < -0.39 is 0 Å². The molecule has 0 amide bonds. The number of hydrogen-bond donors (Lipinski definition) is 1. The van der Waals surface area contributed by atoms with Gasteiger partial charge in [0.25, 0.3) is 5.56 Å². The van der Waals surface area contributed by atoms with E-state index in [2.05, 4.69) is 26.4 Å². The topological polar surface area (TPSA) is 71.6 Å². The number of fused-ring (bicyclic) bond motifs is 1. The molecule has 1 N–H and O–H groups in total. The van der Waals surface area contributed by atoms with E-state index in [0.717, 1.165) is 4.68 Å². The Morgan fingerprint density at radius 2 is 1.55 bits per heavy atom. The highest BCUT2D eigenvalue weighted by atomic mass is 35.5. The normalized spacial score (nSPS) is 10.4. The number of aliphatic imine (C=N–C) groups is 1. The first-order valence-electron chi connectivity index (χ1n) is 8.57. The molecule has 0 radical (unpaired) electrons. The van der Waals surface area contributed by atoms with E-state index in [-0.39, 0.29) is 11.5 Å². The van der Waals surface area contributed by atoms with Crippen molar-refractivity contribution < 1.29 is 0 Å². The van der Waals surface area contributed by atoms with Crippen LogP contribution in [0.1, 0.15) is 0 Å². The van der Waals surface area contributed by atoms with Crippen molar-refractivity contribution in [2.75, 3.05) is 5.32 Å². The maximum absolute atomic E-state index is 12.9. The van der Waals surface area contributed by atoms with Crippen molar-refractivity contribution in [2.24, 2.45) is 10.1 Å². The molecule has 0 spiro atoms. The zero-order valence-corrected chi connectivity index (χ0v) is 16.4. The van der Waals surface area contributed by atoms with Gasteiger partial charge in [-0.15, -0.1) is 0 Å². The number of aromatic nitrogens is 2. The number of nitrogens with one attached hydrogen (secondary N) is 1. The first kappa shape index (κ1) is 18.9. The standard InChI is InChI=1S/C21H13Cl2N5O/c22-14-5-9-16(10-6-14)24-13-25-28-20(29)18-3-1-2-4-19(18)27-21(28)26-17-11-7-15(23)8-12-17/h1-12H,(H,26,27). The molecular formula is C21H13Cl2N5O. The van der Waals surface area contributed by atoms with Gasteiger partial charge in [0.2, 0.25) is 5.95 Å². The van der Waals surface area contributed by atoms with E-state index in [1.165, 1.54) is 0 Å². The van der Waals surface area contributed by atoms with Gasteiger partial charge in [0.15, 0.2) is 0 Å². The summed E-state index contributed by atoms with van der Waals surface area (Å²) in [4.78, 5) is 21.6. The number of anilines is 2. The summed E-state index contributed by atoms with van der Waals surface area (Å²) in [5.74, 6) is 0.231. The first-order valence-corrected chi connectivity index (χ1v) is 9.32. The van der Waals surface area contributed by atoms with Crippen LogP contribution in [0.15, 0.2) is 87.7 Å². The van der Waals surface area contributed by atoms with Gasteiger partial charge < -0.3 is 5.32 Å². The number of hydrogen-bond acceptors (Lipinski definition) is 5. The number of halogens is 2. The predicted molar refractivity (Wildman–Crippen MR) is 117 cm³/mol. The lowest BCUT2D eigenvalue weighted by atomic mass is 10.2. The quantitative estimate of drug-likeness (QED) is 0.428. The van der Waals surface area contributed by atoms with Crippen molar-refractivity contribution in [3.63, 3.8) is 0 Å². The van der Waals surface area contributed by atoms with Gasteiger partial charge >= 0.3 is 0 Å². The summed E-state index contributed by atoms with van der Waals surface area (Å²) in [6.07, 6.45) is 0. The van der Waals surface area contributed by atoms with Gasteiger partial charge in [-0.2, -0.15) is 9.67 Å². The summed E-state index contributed by atoms with van der Waals surface area (Å²) in [6, 6.07) is 23.5. The van der Waals surface area contributed by atoms with E-state index in [9.17, 15) is 4.79 Å². The number of para-hydroxylation sites is 1. The van der Waals surface area contributed by atoms with Crippen LogP contribution >= 0.6 is 23.2 Å². The highest BCUT2D eigenvalue weighted by Crippen LogP contribution is 2.19. The van der Waals surface area contributed by atoms with Gasteiger partial charge in [-0.25, -0.2) is 4.98 Å². The Hall–Kier alpha value is -3.44. The molecule has 142 valence electrons. The molecule has 0 bridgehead atoms. The average molecular weight is 422 g/mol. The maximum atomic E-state index is 12.9. The fourth-order valence-corrected chi connectivity index (χ4v) is 2.85. The number of rotatable bonds is 4. The molecule has 0 fully saturated rings. The molecule has 8 heteroatoms. The first-order chi connectivity index (χ1) is 14.1. The molecule has 6 nitrogen and oxygen atoms in total. The van der Waals surface area contributed by atoms with Crippen molar-refractivity contribution in [3.8, 4) is 0 Å². The third kappa shape index (κ3) is 4.36. The van der Waals surface area contributed by atoms with E-state index >= 15 is 0 Å². The monoisotopic (exact) mass is 421 g/mol. The summed E-state index contributed by atoms with van der Waals surface area (Å²) in [5, 5.41) is 8.82. The van der Waals surface area contributed by atoms with Crippen LogP contribution in [0.5, 0.6) is 0 Å². The van der Waals surface area contributed by atoms with Gasteiger partial charge in [-0.3, -0.25) is 4.79 Å². The summed E-state index contributed by atoms with van der Waals surface area (Å²) in [5.41, 5.74) is 1.52. The zero-order chi connectivity index (χ0) is 20.2. The molecule has 1 heterocycles. The lowest BCUT2D eigenvalue weighted by Crippen LogP contribution is -2.20. The molecule has 29 heavy (non-hydrogen) atoms. The molecule has 3 aromatic carbocycles. The Bertz CT molecular complexity index is 1290. The smallest absolute Gasteiger partial charge is 0.284 e. The molecule has 0 saturated carbocycles. The highest BCUT2D eigenvalue weighted by Gasteiger charge is 2.10. The minimum atomic E-state index is -0.342. The fraction of sp³-hybridized carbons (Fsp3) is 0. The lowest BCUT2D eigenvalue weighted by molar-refractivity contribution is 0.831. The van der Waals surface area contributed by atoms with Crippen LogP contribution in [0.3, 0.4) is 0 Å². The Kier molecular flexibility index (Phi) is 5.40. The molecule has 0 aliphatic carbocycles. The van der Waals surface area contributed by atoms with E-state index in [0.29, 0.717) is 32.3 Å².